The number of aryl methyl sites for hydroxylation is 1. The van der Waals surface area contributed by atoms with Gasteiger partial charge in [-0.05, 0) is 18.9 Å². The lowest BCUT2D eigenvalue weighted by molar-refractivity contribution is 0.00728. The summed E-state index contributed by atoms with van der Waals surface area (Å²) in [6.07, 6.45) is 7.74. The number of carbonyl (C=O) groups excluding carboxylic acids is 1. The molecule has 0 atom stereocenters. The van der Waals surface area contributed by atoms with Crippen LogP contribution in [0.5, 0.6) is 0 Å². The first-order valence-corrected chi connectivity index (χ1v) is 9.89. The molecule has 2 fully saturated rings. The summed E-state index contributed by atoms with van der Waals surface area (Å²) in [5.41, 5.74) is 2.03. The second-order valence-corrected chi connectivity index (χ2v) is 7.91. The minimum absolute atomic E-state index is 0.0815. The summed E-state index contributed by atoms with van der Waals surface area (Å²) in [5.74, 6) is -0.0815. The number of pyridine rings is 1. The molecule has 1 aliphatic heterocycles. The van der Waals surface area contributed by atoms with Crippen molar-refractivity contribution in [3.63, 3.8) is 0 Å². The van der Waals surface area contributed by atoms with Gasteiger partial charge in [0.1, 0.15) is 5.52 Å². The second-order valence-electron chi connectivity index (χ2n) is 7.91. The molecule has 0 aromatic carbocycles. The number of rotatable bonds is 5. The van der Waals surface area contributed by atoms with Gasteiger partial charge in [-0.2, -0.15) is 0 Å². The number of nitrogens with one attached hydrogen (secondary N) is 1. The van der Waals surface area contributed by atoms with E-state index in [1.165, 1.54) is 32.1 Å². The zero-order valence-electron chi connectivity index (χ0n) is 16.0. The predicted molar refractivity (Wildman–Crippen MR) is 101 cm³/mol. The van der Waals surface area contributed by atoms with Crippen LogP contribution in [-0.2, 0) is 11.8 Å². The van der Waals surface area contributed by atoms with Crippen molar-refractivity contribution >= 4 is 17.1 Å². The third kappa shape index (κ3) is 4.11. The Labute approximate surface area is 159 Å². The smallest absolute Gasteiger partial charge is 0.252 e. The molecule has 1 aliphatic carbocycles. The molecule has 2 aromatic rings. The van der Waals surface area contributed by atoms with E-state index in [-0.39, 0.29) is 11.3 Å². The highest BCUT2D eigenvalue weighted by atomic mass is 16.5. The number of carbonyl (C=O) groups is 1. The number of fused-ring (bicyclic) bond motifs is 1. The van der Waals surface area contributed by atoms with E-state index in [4.69, 9.17) is 4.74 Å². The highest BCUT2D eigenvalue weighted by Gasteiger charge is 2.34. The molecule has 2 aromatic heterocycles. The first-order valence-electron chi connectivity index (χ1n) is 9.89. The molecule has 2 aliphatic rings. The number of hydrogen-bond acceptors (Lipinski definition) is 6. The van der Waals surface area contributed by atoms with E-state index in [0.717, 1.165) is 32.8 Å². The molecule has 27 heavy (non-hydrogen) atoms. The average Bonchev–Trinajstić information content (AvgIpc) is 3.08. The Balaban J connectivity index is 1.43. The summed E-state index contributed by atoms with van der Waals surface area (Å²) >= 11 is 0. The highest BCUT2D eigenvalue weighted by molar-refractivity contribution is 5.96. The molecular weight excluding hydrogens is 344 g/mol. The fraction of sp³-hybridized carbons (Fsp3) is 0.684. The predicted octanol–water partition coefficient (Wildman–Crippen LogP) is 1.38. The Morgan fingerprint density at radius 1 is 1.26 bits per heavy atom. The van der Waals surface area contributed by atoms with Crippen molar-refractivity contribution < 1.29 is 9.53 Å². The van der Waals surface area contributed by atoms with Gasteiger partial charge in [-0.15, -0.1) is 5.10 Å². The molecule has 1 saturated carbocycles. The van der Waals surface area contributed by atoms with Crippen LogP contribution >= 0.6 is 0 Å². The lowest BCUT2D eigenvalue weighted by atomic mass is 9.73. The summed E-state index contributed by atoms with van der Waals surface area (Å²) in [7, 11) is 1.79. The zero-order chi connectivity index (χ0) is 18.7. The number of morpholine rings is 1. The molecular formula is C19H28N6O2. The number of amides is 1. The monoisotopic (exact) mass is 372 g/mol. The van der Waals surface area contributed by atoms with Crippen LogP contribution < -0.4 is 5.32 Å². The van der Waals surface area contributed by atoms with Gasteiger partial charge in [0.15, 0.2) is 5.65 Å². The number of aromatic nitrogens is 4. The van der Waals surface area contributed by atoms with Gasteiger partial charge in [0, 0.05) is 44.8 Å². The van der Waals surface area contributed by atoms with Gasteiger partial charge < -0.3 is 10.1 Å². The molecule has 1 saturated heterocycles. The lowest BCUT2D eigenvalue weighted by Gasteiger charge is -2.42. The van der Waals surface area contributed by atoms with Crippen LogP contribution in [0.15, 0.2) is 12.3 Å². The van der Waals surface area contributed by atoms with Crippen molar-refractivity contribution in [2.45, 2.75) is 32.1 Å². The first-order chi connectivity index (χ1) is 13.2. The maximum Gasteiger partial charge on any atom is 0.252 e. The van der Waals surface area contributed by atoms with Crippen LogP contribution in [-0.4, -0.2) is 70.2 Å². The summed E-state index contributed by atoms with van der Waals surface area (Å²) in [6, 6.07) is 1.76. The SMILES string of the molecule is Cn1nnc2cc(C(=O)NCC3(CN4CCOCC4)CCCCC3)cnc21. The van der Waals surface area contributed by atoms with Crippen molar-refractivity contribution in [2.75, 3.05) is 39.4 Å². The van der Waals surface area contributed by atoms with Crippen LogP contribution in [0, 0.1) is 5.41 Å². The van der Waals surface area contributed by atoms with Crippen molar-refractivity contribution in [3.05, 3.63) is 17.8 Å². The third-order valence-corrected chi connectivity index (χ3v) is 5.90. The first kappa shape index (κ1) is 18.3. The third-order valence-electron chi connectivity index (χ3n) is 5.90. The molecule has 4 rings (SSSR count). The van der Waals surface area contributed by atoms with Crippen molar-refractivity contribution in [3.8, 4) is 0 Å². The van der Waals surface area contributed by atoms with Crippen molar-refractivity contribution in [2.24, 2.45) is 12.5 Å². The van der Waals surface area contributed by atoms with E-state index < -0.39 is 0 Å². The molecule has 0 spiro atoms. The number of ether oxygens (including phenoxy) is 1. The standard InChI is InChI=1S/C19H28N6O2/c1-24-17-16(22-23-24)11-15(12-20-17)18(26)21-13-19(5-3-2-4-6-19)14-25-7-9-27-10-8-25/h11-12H,2-10,13-14H2,1H3,(H,21,26). The van der Waals surface area contributed by atoms with Crippen LogP contribution in [0.3, 0.4) is 0 Å². The Hall–Kier alpha value is -2.06. The average molecular weight is 372 g/mol. The fourth-order valence-electron chi connectivity index (χ4n) is 4.35. The van der Waals surface area contributed by atoms with Gasteiger partial charge in [-0.3, -0.25) is 9.69 Å². The van der Waals surface area contributed by atoms with Gasteiger partial charge in [-0.1, -0.05) is 24.5 Å². The Morgan fingerprint density at radius 2 is 2.04 bits per heavy atom. The van der Waals surface area contributed by atoms with Gasteiger partial charge in [-0.25, -0.2) is 9.67 Å². The van der Waals surface area contributed by atoms with E-state index >= 15 is 0 Å². The Bertz CT molecular complexity index is 793. The fourth-order valence-corrected chi connectivity index (χ4v) is 4.35. The molecule has 0 radical (unpaired) electrons. The van der Waals surface area contributed by atoms with E-state index in [2.05, 4.69) is 25.5 Å². The van der Waals surface area contributed by atoms with E-state index in [1.54, 1.807) is 24.0 Å². The molecule has 8 heteroatoms. The quantitative estimate of drug-likeness (QED) is 0.853. The molecule has 146 valence electrons. The molecule has 0 bridgehead atoms. The topological polar surface area (TPSA) is 85.2 Å². The van der Waals surface area contributed by atoms with Gasteiger partial charge in [0.05, 0.1) is 18.8 Å². The summed E-state index contributed by atoms with van der Waals surface area (Å²) in [4.78, 5) is 19.5. The maximum atomic E-state index is 12.7. The maximum absolute atomic E-state index is 12.7. The van der Waals surface area contributed by atoms with E-state index in [0.29, 0.717) is 23.3 Å². The van der Waals surface area contributed by atoms with Gasteiger partial charge in [0.25, 0.3) is 5.91 Å². The Kier molecular flexibility index (Phi) is 5.36. The minimum atomic E-state index is -0.0815. The number of hydrogen-bond donors (Lipinski definition) is 1. The highest BCUT2D eigenvalue weighted by Crippen LogP contribution is 2.36. The summed E-state index contributed by atoms with van der Waals surface area (Å²) in [6.45, 7) is 5.35. The van der Waals surface area contributed by atoms with Gasteiger partial charge in [0.2, 0.25) is 0 Å². The summed E-state index contributed by atoms with van der Waals surface area (Å²) in [5, 5.41) is 11.2. The van der Waals surface area contributed by atoms with Crippen LogP contribution in [0.2, 0.25) is 0 Å². The molecule has 0 unspecified atom stereocenters. The van der Waals surface area contributed by atoms with E-state index in [9.17, 15) is 4.79 Å². The Morgan fingerprint density at radius 3 is 2.81 bits per heavy atom. The van der Waals surface area contributed by atoms with Crippen LogP contribution in [0.1, 0.15) is 42.5 Å². The molecule has 1 amide bonds. The number of nitrogens with zero attached hydrogens (tertiary/aromatic N) is 5. The van der Waals surface area contributed by atoms with Crippen molar-refractivity contribution in [1.82, 2.24) is 30.2 Å². The molecule has 3 heterocycles. The minimum Gasteiger partial charge on any atom is -0.379 e. The van der Waals surface area contributed by atoms with Crippen molar-refractivity contribution in [1.29, 1.82) is 0 Å². The molecule has 8 nitrogen and oxygen atoms in total. The second kappa shape index (κ2) is 7.90. The largest absolute Gasteiger partial charge is 0.379 e. The van der Waals surface area contributed by atoms with Crippen LogP contribution in [0.25, 0.3) is 11.2 Å². The molecule has 1 N–H and O–H groups in total. The van der Waals surface area contributed by atoms with E-state index in [1.807, 2.05) is 0 Å². The lowest BCUT2D eigenvalue weighted by Crippen LogP contribution is -2.49. The zero-order valence-corrected chi connectivity index (χ0v) is 16.0. The van der Waals surface area contributed by atoms with Crippen LogP contribution in [0.4, 0.5) is 0 Å². The normalized spacial score (nSPS) is 20.6. The van der Waals surface area contributed by atoms with Gasteiger partial charge >= 0.3 is 0 Å². The summed E-state index contributed by atoms with van der Waals surface area (Å²) < 4.78 is 7.09.